The summed E-state index contributed by atoms with van der Waals surface area (Å²) in [5, 5.41) is 31.0. The average molecular weight is 424 g/mol. The van der Waals surface area contributed by atoms with Crippen molar-refractivity contribution in [1.29, 1.82) is 0 Å². The number of carboxylic acid groups (broad SMARTS) is 3. The van der Waals surface area contributed by atoms with Crippen LogP contribution in [0.2, 0.25) is 0 Å². The summed E-state index contributed by atoms with van der Waals surface area (Å²) < 4.78 is 13.9. The van der Waals surface area contributed by atoms with Crippen molar-refractivity contribution >= 4 is 25.7 Å². The molecule has 0 heterocycles. The van der Waals surface area contributed by atoms with Crippen LogP contribution in [0.15, 0.2) is 0 Å². The predicted octanol–water partition coefficient (Wildman–Crippen LogP) is -17.8. The van der Waals surface area contributed by atoms with Crippen LogP contribution in [0.1, 0.15) is 12.8 Å². The first-order valence-electron chi connectivity index (χ1n) is 3.84. The normalized spacial score (nSPS) is 12.1. The molecule has 0 rings (SSSR count). The Morgan fingerprint density at radius 2 is 1.24 bits per heavy atom. The SMILES string of the molecule is O=C([O-])CC(CC(=O)[O-])(OP(=O)([O-])O)C(=O)[O-].[K+].[K+].[K+].[K+]. The molecular formula is C6H5K4O10P. The van der Waals surface area contributed by atoms with Gasteiger partial charge in [-0.25, -0.2) is 0 Å². The number of phosphoric ester groups is 1. The largest absolute Gasteiger partial charge is 1.00 e. The van der Waals surface area contributed by atoms with E-state index in [-0.39, 0.29) is 206 Å². The summed E-state index contributed by atoms with van der Waals surface area (Å²) in [5.41, 5.74) is -3.32. The third kappa shape index (κ3) is 18.2. The Kier molecular flexibility index (Phi) is 30.2. The van der Waals surface area contributed by atoms with E-state index in [1.165, 1.54) is 0 Å². The van der Waals surface area contributed by atoms with Crippen molar-refractivity contribution in [2.75, 3.05) is 0 Å². The number of aliphatic carboxylic acids is 3. The van der Waals surface area contributed by atoms with Gasteiger partial charge in [-0.05, 0) is 0 Å². The third-order valence-electron chi connectivity index (χ3n) is 1.52. The van der Waals surface area contributed by atoms with Crippen molar-refractivity contribution in [3.05, 3.63) is 0 Å². The van der Waals surface area contributed by atoms with E-state index in [0.717, 1.165) is 0 Å². The van der Waals surface area contributed by atoms with Gasteiger partial charge in [0.25, 0.3) is 7.82 Å². The van der Waals surface area contributed by atoms with Crippen molar-refractivity contribution in [3.8, 4) is 0 Å². The number of carbonyl (C=O) groups is 3. The summed E-state index contributed by atoms with van der Waals surface area (Å²) in [5.74, 6) is -6.70. The molecule has 0 bridgehead atoms. The van der Waals surface area contributed by atoms with E-state index >= 15 is 0 Å². The maximum absolute atomic E-state index is 10.6. The van der Waals surface area contributed by atoms with Gasteiger partial charge in [-0.2, -0.15) is 0 Å². The minimum atomic E-state index is -5.71. The fourth-order valence-corrected chi connectivity index (χ4v) is 1.64. The molecule has 0 spiro atoms. The van der Waals surface area contributed by atoms with Gasteiger partial charge in [0.1, 0.15) is 5.60 Å². The Morgan fingerprint density at radius 1 is 0.952 bits per heavy atom. The summed E-state index contributed by atoms with van der Waals surface area (Å²) in [7, 11) is -5.71. The van der Waals surface area contributed by atoms with Crippen LogP contribution in [0.3, 0.4) is 0 Å². The Labute approximate surface area is 289 Å². The molecule has 0 aliphatic heterocycles. The van der Waals surface area contributed by atoms with Gasteiger partial charge < -0.3 is 44.0 Å². The van der Waals surface area contributed by atoms with Gasteiger partial charge >= 0.3 is 206 Å². The first kappa shape index (κ1) is 36.9. The van der Waals surface area contributed by atoms with Gasteiger partial charge in [0.15, 0.2) is 0 Å². The van der Waals surface area contributed by atoms with E-state index in [1.807, 2.05) is 0 Å². The molecule has 0 amide bonds. The summed E-state index contributed by atoms with van der Waals surface area (Å²) in [6, 6.07) is 0. The van der Waals surface area contributed by atoms with Crippen LogP contribution in [-0.4, -0.2) is 28.4 Å². The average Bonchev–Trinajstić information content (AvgIpc) is 1.96. The van der Waals surface area contributed by atoms with E-state index in [0.29, 0.717) is 0 Å². The number of hydrogen-bond donors (Lipinski definition) is 1. The molecule has 1 unspecified atom stereocenters. The molecule has 15 heteroatoms. The summed E-state index contributed by atoms with van der Waals surface area (Å²) in [6.07, 6.45) is -3.31. The molecule has 0 aromatic heterocycles. The van der Waals surface area contributed by atoms with Gasteiger partial charge in [-0.15, -0.1) is 0 Å². The van der Waals surface area contributed by atoms with Crippen LogP contribution in [0.4, 0.5) is 0 Å². The molecule has 0 saturated carbocycles. The summed E-state index contributed by atoms with van der Waals surface area (Å²) >= 11 is 0. The third-order valence-corrected chi connectivity index (χ3v) is 2.10. The van der Waals surface area contributed by atoms with Crippen LogP contribution in [0, 0.1) is 0 Å². The second-order valence-corrected chi connectivity index (χ2v) is 4.06. The number of carboxylic acids is 3. The second kappa shape index (κ2) is 17.2. The minimum absolute atomic E-state index is 0. The molecule has 0 aromatic rings. The van der Waals surface area contributed by atoms with Crippen molar-refractivity contribution < 1.29 is 254 Å². The van der Waals surface area contributed by atoms with Gasteiger partial charge in [-0.1, -0.05) is 0 Å². The molecule has 98 valence electrons. The predicted molar refractivity (Wildman–Crippen MR) is 37.9 cm³/mol. The fourth-order valence-electron chi connectivity index (χ4n) is 0.996. The van der Waals surface area contributed by atoms with E-state index in [1.54, 1.807) is 0 Å². The topological polar surface area (TPSA) is 190 Å². The Bertz CT molecular complexity index is 379. The standard InChI is InChI=1S/C6H9O10P.4K/c7-3(8)1-6(5(11)12,2-4(9)10)16-17(13,14)15;;;;/h1-2H2,(H,7,8)(H,9,10)(H,11,12)(H2,13,14,15);;;;/q;4*+1/p-4. The molecule has 1 N–H and O–H groups in total. The summed E-state index contributed by atoms with van der Waals surface area (Å²) in [4.78, 5) is 49.7. The van der Waals surface area contributed by atoms with Crippen LogP contribution in [0.25, 0.3) is 0 Å². The molecule has 0 aliphatic carbocycles. The van der Waals surface area contributed by atoms with Crippen LogP contribution in [0.5, 0.6) is 0 Å². The van der Waals surface area contributed by atoms with Gasteiger partial charge in [-0.3, -0.25) is 4.57 Å². The zero-order valence-electron chi connectivity index (χ0n) is 12.0. The van der Waals surface area contributed by atoms with E-state index < -0.39 is 44.2 Å². The Hall–Kier alpha value is 5.07. The number of rotatable bonds is 7. The van der Waals surface area contributed by atoms with Crippen molar-refractivity contribution in [1.82, 2.24) is 0 Å². The molecule has 0 aliphatic rings. The molecule has 0 aromatic carbocycles. The summed E-state index contributed by atoms with van der Waals surface area (Å²) in [6.45, 7) is 0. The Morgan fingerprint density at radius 3 is 1.38 bits per heavy atom. The fraction of sp³-hybridized carbons (Fsp3) is 0.500. The maximum atomic E-state index is 10.6. The van der Waals surface area contributed by atoms with Crippen LogP contribution >= 0.6 is 7.82 Å². The van der Waals surface area contributed by atoms with Gasteiger partial charge in [0.2, 0.25) is 0 Å². The smallest absolute Gasteiger partial charge is 0.756 e. The van der Waals surface area contributed by atoms with Crippen LogP contribution in [-0.2, 0) is 23.5 Å². The first-order chi connectivity index (χ1) is 7.48. The van der Waals surface area contributed by atoms with Crippen molar-refractivity contribution in [2.45, 2.75) is 18.4 Å². The number of phosphoric acid groups is 1. The van der Waals surface area contributed by atoms with Crippen LogP contribution < -0.4 is 226 Å². The quantitative estimate of drug-likeness (QED) is 0.303. The first-order valence-corrected chi connectivity index (χ1v) is 5.34. The van der Waals surface area contributed by atoms with E-state index in [4.69, 9.17) is 4.89 Å². The molecule has 0 fully saturated rings. The second-order valence-electron chi connectivity index (χ2n) is 2.94. The van der Waals surface area contributed by atoms with Gasteiger partial charge in [0, 0.05) is 24.8 Å². The van der Waals surface area contributed by atoms with E-state index in [2.05, 4.69) is 4.52 Å². The minimum Gasteiger partial charge on any atom is -0.756 e. The number of carbonyl (C=O) groups excluding carboxylic acids is 3. The number of hydrogen-bond acceptors (Lipinski definition) is 9. The van der Waals surface area contributed by atoms with Crippen molar-refractivity contribution in [2.24, 2.45) is 0 Å². The van der Waals surface area contributed by atoms with Gasteiger partial charge in [0.05, 0.1) is 5.97 Å². The zero-order valence-corrected chi connectivity index (χ0v) is 25.4. The zero-order chi connectivity index (χ0) is 13.9. The van der Waals surface area contributed by atoms with E-state index in [9.17, 15) is 39.2 Å². The molecule has 0 radical (unpaired) electrons. The molecule has 0 saturated heterocycles. The Balaban J connectivity index is -0.000000213. The molecule has 10 nitrogen and oxygen atoms in total. The molecule has 21 heavy (non-hydrogen) atoms. The molecule has 1 atom stereocenters. The van der Waals surface area contributed by atoms with Crippen molar-refractivity contribution in [3.63, 3.8) is 0 Å². The maximum Gasteiger partial charge on any atom is 1.00 e. The monoisotopic (exact) mass is 424 g/mol. The molecular weight excluding hydrogens is 419 g/mol.